The molecule has 0 unspecified atom stereocenters. The minimum atomic E-state index is -0.516. The van der Waals surface area contributed by atoms with Gasteiger partial charge in [0, 0.05) is 22.4 Å². The van der Waals surface area contributed by atoms with Crippen LogP contribution in [0.5, 0.6) is 5.75 Å². The van der Waals surface area contributed by atoms with Crippen LogP contribution in [-0.2, 0) is 18.0 Å². The molecule has 0 bridgehead atoms. The van der Waals surface area contributed by atoms with Gasteiger partial charge in [0.2, 0.25) is 5.91 Å². The van der Waals surface area contributed by atoms with Crippen LogP contribution in [0.1, 0.15) is 31.8 Å². The second kappa shape index (κ2) is 9.52. The molecular weight excluding hydrogens is 368 g/mol. The number of anilines is 1. The van der Waals surface area contributed by atoms with Gasteiger partial charge in [-0.25, -0.2) is 0 Å². The largest absolute Gasteiger partial charge is 0.496 e. The van der Waals surface area contributed by atoms with E-state index in [1.807, 2.05) is 30.3 Å². The van der Waals surface area contributed by atoms with Crippen LogP contribution < -0.4 is 15.8 Å². The van der Waals surface area contributed by atoms with Crippen LogP contribution in [0.3, 0.4) is 0 Å². The first kappa shape index (κ1) is 20.1. The van der Waals surface area contributed by atoms with E-state index in [4.69, 9.17) is 15.2 Å². The van der Waals surface area contributed by atoms with Gasteiger partial charge in [0.25, 0.3) is 5.91 Å². The van der Waals surface area contributed by atoms with E-state index in [0.29, 0.717) is 35.8 Å². The van der Waals surface area contributed by atoms with Crippen LogP contribution in [-0.4, -0.2) is 18.9 Å². The summed E-state index contributed by atoms with van der Waals surface area (Å²) in [4.78, 5) is 23.7. The van der Waals surface area contributed by atoms with Crippen LogP contribution in [0.4, 0.5) is 5.69 Å². The van der Waals surface area contributed by atoms with Crippen molar-refractivity contribution in [3.63, 3.8) is 0 Å². The van der Waals surface area contributed by atoms with Crippen molar-refractivity contribution >= 4 is 17.5 Å². The molecule has 6 nitrogen and oxygen atoms in total. The first-order valence-electron chi connectivity index (χ1n) is 9.06. The summed E-state index contributed by atoms with van der Waals surface area (Å²) in [6.45, 7) is 0.777. The molecule has 3 aromatic rings. The summed E-state index contributed by atoms with van der Waals surface area (Å²) in [6.07, 6.45) is 0. The molecule has 148 valence electrons. The third-order valence-electron chi connectivity index (χ3n) is 4.34. The lowest BCUT2D eigenvalue weighted by Gasteiger charge is -2.12. The SMILES string of the molecule is COc1ccc(C(=O)Nc2ccc(C(N)=O)cc2)cc1COCc1ccccc1. The van der Waals surface area contributed by atoms with Gasteiger partial charge >= 0.3 is 0 Å². The monoisotopic (exact) mass is 390 g/mol. The summed E-state index contributed by atoms with van der Waals surface area (Å²) in [5, 5.41) is 2.80. The Labute approximate surface area is 169 Å². The standard InChI is InChI=1S/C23H22N2O4/c1-28-21-12-9-18(13-19(21)15-29-14-16-5-3-2-4-6-16)23(27)25-20-10-7-17(8-11-20)22(24)26/h2-13H,14-15H2,1H3,(H2,24,26)(H,25,27). The van der Waals surface area contributed by atoms with Crippen molar-refractivity contribution in [3.8, 4) is 5.75 Å². The summed E-state index contributed by atoms with van der Waals surface area (Å²) >= 11 is 0. The van der Waals surface area contributed by atoms with Crippen LogP contribution in [0.2, 0.25) is 0 Å². The normalized spacial score (nSPS) is 10.4. The van der Waals surface area contributed by atoms with E-state index in [1.54, 1.807) is 49.6 Å². The lowest BCUT2D eigenvalue weighted by molar-refractivity contribution is 0.0997. The van der Waals surface area contributed by atoms with Crippen molar-refractivity contribution in [2.75, 3.05) is 12.4 Å². The lowest BCUT2D eigenvalue weighted by Crippen LogP contribution is -2.14. The lowest BCUT2D eigenvalue weighted by atomic mass is 10.1. The number of carbonyl (C=O) groups excluding carboxylic acids is 2. The Morgan fingerprint density at radius 1 is 0.897 bits per heavy atom. The molecule has 29 heavy (non-hydrogen) atoms. The molecule has 2 amide bonds. The highest BCUT2D eigenvalue weighted by atomic mass is 16.5. The number of ether oxygens (including phenoxy) is 2. The van der Waals surface area contributed by atoms with Crippen molar-refractivity contribution in [2.24, 2.45) is 5.73 Å². The predicted molar refractivity (Wildman–Crippen MR) is 111 cm³/mol. The van der Waals surface area contributed by atoms with Gasteiger partial charge in [-0.2, -0.15) is 0 Å². The average molecular weight is 390 g/mol. The van der Waals surface area contributed by atoms with Crippen molar-refractivity contribution in [1.29, 1.82) is 0 Å². The smallest absolute Gasteiger partial charge is 0.255 e. The Morgan fingerprint density at radius 2 is 1.59 bits per heavy atom. The summed E-state index contributed by atoms with van der Waals surface area (Å²) in [5.41, 5.74) is 8.50. The van der Waals surface area contributed by atoms with Gasteiger partial charge < -0.3 is 20.5 Å². The Kier molecular flexibility index (Phi) is 6.60. The van der Waals surface area contributed by atoms with E-state index >= 15 is 0 Å². The fourth-order valence-electron chi connectivity index (χ4n) is 2.81. The summed E-state index contributed by atoms with van der Waals surface area (Å²) < 4.78 is 11.2. The predicted octanol–water partition coefficient (Wildman–Crippen LogP) is 3.76. The van der Waals surface area contributed by atoms with E-state index < -0.39 is 5.91 Å². The first-order valence-corrected chi connectivity index (χ1v) is 9.06. The number of hydrogen-bond acceptors (Lipinski definition) is 4. The summed E-state index contributed by atoms with van der Waals surface area (Å²) in [6, 6.07) is 21.4. The van der Waals surface area contributed by atoms with Crippen LogP contribution in [0.15, 0.2) is 72.8 Å². The molecule has 0 heterocycles. The van der Waals surface area contributed by atoms with Crippen LogP contribution in [0, 0.1) is 0 Å². The molecule has 3 N–H and O–H groups in total. The number of primary amides is 1. The van der Waals surface area contributed by atoms with Gasteiger partial charge in [-0.3, -0.25) is 9.59 Å². The molecule has 0 saturated carbocycles. The number of carbonyl (C=O) groups is 2. The Bertz CT molecular complexity index is 986. The van der Waals surface area contributed by atoms with E-state index in [-0.39, 0.29) is 5.91 Å². The fraction of sp³-hybridized carbons (Fsp3) is 0.130. The van der Waals surface area contributed by atoms with Gasteiger partial charge in [0.1, 0.15) is 5.75 Å². The van der Waals surface area contributed by atoms with E-state index in [9.17, 15) is 9.59 Å². The van der Waals surface area contributed by atoms with Crippen molar-refractivity contribution in [3.05, 3.63) is 95.1 Å². The molecule has 3 rings (SSSR count). The van der Waals surface area contributed by atoms with Gasteiger partial charge in [0.05, 0.1) is 20.3 Å². The minimum absolute atomic E-state index is 0.274. The molecule has 0 aliphatic rings. The highest BCUT2D eigenvalue weighted by molar-refractivity contribution is 6.04. The number of rotatable bonds is 8. The zero-order valence-corrected chi connectivity index (χ0v) is 16.1. The minimum Gasteiger partial charge on any atom is -0.496 e. The Hall–Kier alpha value is -3.64. The molecule has 6 heteroatoms. The Balaban J connectivity index is 1.68. The highest BCUT2D eigenvalue weighted by Gasteiger charge is 2.11. The zero-order valence-electron chi connectivity index (χ0n) is 16.1. The first-order chi connectivity index (χ1) is 14.1. The molecule has 0 radical (unpaired) electrons. The van der Waals surface area contributed by atoms with Gasteiger partial charge in [0.15, 0.2) is 0 Å². The molecular formula is C23H22N2O4. The maximum absolute atomic E-state index is 12.6. The average Bonchev–Trinajstić information content (AvgIpc) is 2.74. The number of methoxy groups -OCH3 is 1. The third-order valence-corrected chi connectivity index (χ3v) is 4.34. The fourth-order valence-corrected chi connectivity index (χ4v) is 2.81. The molecule has 0 spiro atoms. The van der Waals surface area contributed by atoms with Crippen LogP contribution in [0.25, 0.3) is 0 Å². The van der Waals surface area contributed by atoms with E-state index in [1.165, 1.54) is 0 Å². The number of hydrogen-bond donors (Lipinski definition) is 2. The Morgan fingerprint density at radius 3 is 2.24 bits per heavy atom. The highest BCUT2D eigenvalue weighted by Crippen LogP contribution is 2.22. The van der Waals surface area contributed by atoms with Gasteiger partial charge in [-0.15, -0.1) is 0 Å². The summed E-state index contributed by atoms with van der Waals surface area (Å²) in [7, 11) is 1.58. The van der Waals surface area contributed by atoms with Crippen molar-refractivity contribution in [2.45, 2.75) is 13.2 Å². The third kappa shape index (κ3) is 5.43. The quantitative estimate of drug-likeness (QED) is 0.613. The van der Waals surface area contributed by atoms with Crippen molar-refractivity contribution < 1.29 is 19.1 Å². The summed E-state index contributed by atoms with van der Waals surface area (Å²) in [5.74, 6) is -0.137. The number of amides is 2. The molecule has 0 saturated heterocycles. The topological polar surface area (TPSA) is 90.6 Å². The number of nitrogens with two attached hydrogens (primary N) is 1. The van der Waals surface area contributed by atoms with E-state index in [0.717, 1.165) is 11.1 Å². The second-order valence-electron chi connectivity index (χ2n) is 6.40. The molecule has 0 aliphatic carbocycles. The molecule has 0 fully saturated rings. The zero-order chi connectivity index (χ0) is 20.6. The van der Waals surface area contributed by atoms with E-state index in [2.05, 4.69) is 5.32 Å². The maximum atomic E-state index is 12.6. The molecule has 0 aliphatic heterocycles. The molecule has 0 atom stereocenters. The molecule has 0 aromatic heterocycles. The van der Waals surface area contributed by atoms with Crippen LogP contribution >= 0.6 is 0 Å². The number of benzene rings is 3. The molecule has 3 aromatic carbocycles. The maximum Gasteiger partial charge on any atom is 0.255 e. The van der Waals surface area contributed by atoms with Crippen molar-refractivity contribution in [1.82, 2.24) is 0 Å². The van der Waals surface area contributed by atoms with Gasteiger partial charge in [-0.1, -0.05) is 30.3 Å². The van der Waals surface area contributed by atoms with Gasteiger partial charge in [-0.05, 0) is 48.0 Å². The number of nitrogens with one attached hydrogen (secondary N) is 1. The second-order valence-corrected chi connectivity index (χ2v) is 6.40.